The molecule has 1 aromatic rings. The molecule has 0 bridgehead atoms. The molecule has 2 aliphatic heterocycles. The summed E-state index contributed by atoms with van der Waals surface area (Å²) in [6.45, 7) is 4.87. The van der Waals surface area contributed by atoms with Gasteiger partial charge in [-0.05, 0) is 38.4 Å². The van der Waals surface area contributed by atoms with E-state index in [1.54, 1.807) is 25.1 Å². The summed E-state index contributed by atoms with van der Waals surface area (Å²) in [5, 5.41) is 2.88. The van der Waals surface area contributed by atoms with Crippen molar-refractivity contribution in [3.63, 3.8) is 0 Å². The Bertz CT molecular complexity index is 634. The second-order valence-electron chi connectivity index (χ2n) is 6.23. The lowest BCUT2D eigenvalue weighted by atomic mass is 9.98. The summed E-state index contributed by atoms with van der Waals surface area (Å²) in [6.07, 6.45) is 1.71. The summed E-state index contributed by atoms with van der Waals surface area (Å²) in [4.78, 5) is 26.2. The van der Waals surface area contributed by atoms with Crippen LogP contribution in [-0.2, 0) is 14.3 Å². The molecule has 25 heavy (non-hydrogen) atoms. The first-order valence-electron chi connectivity index (χ1n) is 8.74. The van der Waals surface area contributed by atoms with E-state index in [4.69, 9.17) is 14.2 Å². The summed E-state index contributed by atoms with van der Waals surface area (Å²) >= 11 is 0. The summed E-state index contributed by atoms with van der Waals surface area (Å²) in [5.74, 6) is 0.915. The normalized spacial score (nSPS) is 20.0. The van der Waals surface area contributed by atoms with E-state index in [2.05, 4.69) is 5.32 Å². The Morgan fingerprint density at radius 2 is 2.08 bits per heavy atom. The minimum Gasteiger partial charge on any atom is -0.486 e. The van der Waals surface area contributed by atoms with Gasteiger partial charge in [-0.15, -0.1) is 0 Å². The van der Waals surface area contributed by atoms with Crippen LogP contribution < -0.4 is 14.8 Å². The summed E-state index contributed by atoms with van der Waals surface area (Å²) < 4.78 is 16.1. The van der Waals surface area contributed by atoms with E-state index in [1.165, 1.54) is 0 Å². The molecule has 1 fully saturated rings. The summed E-state index contributed by atoms with van der Waals surface area (Å²) in [7, 11) is 0. The van der Waals surface area contributed by atoms with Crippen LogP contribution in [0, 0.1) is 5.92 Å². The SMILES string of the molecule is CCOC(=O)[C@@H]1CCCN(CC(=O)Nc2ccc3c(c2)OCCO3)C1. The van der Waals surface area contributed by atoms with E-state index in [0.717, 1.165) is 19.4 Å². The summed E-state index contributed by atoms with van der Waals surface area (Å²) in [5.41, 5.74) is 0.674. The molecule has 0 unspecified atom stereocenters. The Kier molecular flexibility index (Phi) is 5.75. The minimum absolute atomic E-state index is 0.110. The zero-order valence-electron chi connectivity index (χ0n) is 14.5. The Morgan fingerprint density at radius 3 is 2.88 bits per heavy atom. The molecule has 2 heterocycles. The molecule has 7 nitrogen and oxygen atoms in total. The first-order valence-corrected chi connectivity index (χ1v) is 8.74. The van der Waals surface area contributed by atoms with E-state index in [9.17, 15) is 9.59 Å². The molecule has 2 aliphatic rings. The third kappa shape index (κ3) is 4.63. The number of benzene rings is 1. The Labute approximate surface area is 147 Å². The van der Waals surface area contributed by atoms with Crippen molar-refractivity contribution in [1.29, 1.82) is 0 Å². The van der Waals surface area contributed by atoms with Crippen molar-refractivity contribution in [1.82, 2.24) is 4.90 Å². The van der Waals surface area contributed by atoms with Gasteiger partial charge in [0, 0.05) is 18.3 Å². The fourth-order valence-electron chi connectivity index (χ4n) is 3.18. The number of piperidine rings is 1. The maximum atomic E-state index is 12.3. The highest BCUT2D eigenvalue weighted by Gasteiger charge is 2.27. The monoisotopic (exact) mass is 348 g/mol. The van der Waals surface area contributed by atoms with Crippen LogP contribution in [0.25, 0.3) is 0 Å². The first-order chi connectivity index (χ1) is 12.2. The molecule has 1 atom stereocenters. The molecule has 0 aromatic heterocycles. The van der Waals surface area contributed by atoms with Crippen LogP contribution in [0.15, 0.2) is 18.2 Å². The van der Waals surface area contributed by atoms with E-state index >= 15 is 0 Å². The zero-order chi connectivity index (χ0) is 17.6. The van der Waals surface area contributed by atoms with Gasteiger partial charge in [-0.2, -0.15) is 0 Å². The van der Waals surface area contributed by atoms with Gasteiger partial charge in [0.1, 0.15) is 13.2 Å². The van der Waals surface area contributed by atoms with Crippen molar-refractivity contribution in [2.75, 3.05) is 44.8 Å². The van der Waals surface area contributed by atoms with Crippen molar-refractivity contribution < 1.29 is 23.8 Å². The number of esters is 1. The number of hydrogen-bond acceptors (Lipinski definition) is 6. The Balaban J connectivity index is 1.53. The molecule has 136 valence electrons. The highest BCUT2D eigenvalue weighted by atomic mass is 16.6. The second kappa shape index (κ2) is 8.20. The third-order valence-corrected chi connectivity index (χ3v) is 4.32. The summed E-state index contributed by atoms with van der Waals surface area (Å²) in [6, 6.07) is 5.36. The van der Waals surface area contributed by atoms with Crippen molar-refractivity contribution in [2.24, 2.45) is 5.92 Å². The van der Waals surface area contributed by atoms with Gasteiger partial charge < -0.3 is 19.5 Å². The van der Waals surface area contributed by atoms with Crippen molar-refractivity contribution >= 4 is 17.6 Å². The maximum absolute atomic E-state index is 12.3. The van der Waals surface area contributed by atoms with Crippen molar-refractivity contribution in [2.45, 2.75) is 19.8 Å². The van der Waals surface area contributed by atoms with E-state index in [0.29, 0.717) is 43.6 Å². The number of fused-ring (bicyclic) bond motifs is 1. The van der Waals surface area contributed by atoms with Crippen molar-refractivity contribution in [3.8, 4) is 11.5 Å². The molecule has 0 spiro atoms. The highest BCUT2D eigenvalue weighted by molar-refractivity contribution is 5.92. The van der Waals surface area contributed by atoms with Gasteiger partial charge >= 0.3 is 5.97 Å². The Hall–Kier alpha value is -2.28. The Morgan fingerprint density at radius 1 is 1.28 bits per heavy atom. The molecule has 7 heteroatoms. The maximum Gasteiger partial charge on any atom is 0.310 e. The van der Waals surface area contributed by atoms with Crippen LogP contribution in [0.4, 0.5) is 5.69 Å². The lowest BCUT2D eigenvalue weighted by Gasteiger charge is -2.30. The number of hydrogen-bond donors (Lipinski definition) is 1. The molecular formula is C18H24N2O5. The predicted molar refractivity (Wildman–Crippen MR) is 91.9 cm³/mol. The van der Waals surface area contributed by atoms with Gasteiger partial charge in [0.15, 0.2) is 11.5 Å². The van der Waals surface area contributed by atoms with Crippen LogP contribution in [0.5, 0.6) is 11.5 Å². The molecule has 0 radical (unpaired) electrons. The molecule has 1 amide bonds. The molecule has 1 aromatic carbocycles. The molecular weight excluding hydrogens is 324 g/mol. The number of anilines is 1. The fraction of sp³-hybridized carbons (Fsp3) is 0.556. The average molecular weight is 348 g/mol. The molecule has 3 rings (SSSR count). The number of nitrogens with zero attached hydrogens (tertiary/aromatic N) is 1. The van der Waals surface area contributed by atoms with Crippen LogP contribution in [0.2, 0.25) is 0 Å². The van der Waals surface area contributed by atoms with Gasteiger partial charge in [0.05, 0.1) is 19.1 Å². The zero-order valence-corrected chi connectivity index (χ0v) is 14.5. The predicted octanol–water partition coefficient (Wildman–Crippen LogP) is 1.67. The average Bonchev–Trinajstić information content (AvgIpc) is 2.62. The largest absolute Gasteiger partial charge is 0.486 e. The van der Waals surface area contributed by atoms with Crippen LogP contribution in [0.1, 0.15) is 19.8 Å². The van der Waals surface area contributed by atoms with Crippen molar-refractivity contribution in [3.05, 3.63) is 18.2 Å². The molecule has 1 saturated heterocycles. The van der Waals surface area contributed by atoms with Gasteiger partial charge in [-0.3, -0.25) is 14.5 Å². The van der Waals surface area contributed by atoms with Gasteiger partial charge in [0.2, 0.25) is 5.91 Å². The van der Waals surface area contributed by atoms with Gasteiger partial charge in [-0.25, -0.2) is 0 Å². The molecule has 0 aliphatic carbocycles. The molecule has 1 N–H and O–H groups in total. The number of likely N-dealkylation sites (tertiary alicyclic amines) is 1. The van der Waals surface area contributed by atoms with Gasteiger partial charge in [-0.1, -0.05) is 0 Å². The molecule has 0 saturated carbocycles. The topological polar surface area (TPSA) is 77.1 Å². The van der Waals surface area contributed by atoms with Crippen LogP contribution in [-0.4, -0.2) is 56.2 Å². The number of carbonyl (C=O) groups is 2. The smallest absolute Gasteiger partial charge is 0.310 e. The van der Waals surface area contributed by atoms with E-state index < -0.39 is 0 Å². The van der Waals surface area contributed by atoms with Crippen LogP contribution >= 0.6 is 0 Å². The fourth-order valence-corrected chi connectivity index (χ4v) is 3.18. The van der Waals surface area contributed by atoms with Crippen LogP contribution in [0.3, 0.4) is 0 Å². The number of ether oxygens (including phenoxy) is 3. The number of carbonyl (C=O) groups excluding carboxylic acids is 2. The standard InChI is InChI=1S/C18H24N2O5/c1-2-23-18(22)13-4-3-7-20(11-13)12-17(21)19-14-5-6-15-16(10-14)25-9-8-24-15/h5-6,10,13H,2-4,7-9,11-12H2,1H3,(H,19,21)/t13-/m1/s1. The van der Waals surface area contributed by atoms with Gasteiger partial charge in [0.25, 0.3) is 0 Å². The highest BCUT2D eigenvalue weighted by Crippen LogP contribution is 2.32. The number of amides is 1. The van der Waals surface area contributed by atoms with E-state index in [-0.39, 0.29) is 24.3 Å². The first kappa shape index (κ1) is 17.5. The third-order valence-electron chi connectivity index (χ3n) is 4.32. The number of rotatable bonds is 5. The quantitative estimate of drug-likeness (QED) is 0.816. The number of nitrogens with one attached hydrogen (secondary N) is 1. The minimum atomic E-state index is -0.167. The lowest BCUT2D eigenvalue weighted by molar-refractivity contribution is -0.150. The van der Waals surface area contributed by atoms with E-state index in [1.807, 2.05) is 4.90 Å². The lowest BCUT2D eigenvalue weighted by Crippen LogP contribution is -2.43. The second-order valence-corrected chi connectivity index (χ2v) is 6.23.